The summed E-state index contributed by atoms with van der Waals surface area (Å²) >= 11 is 0. The highest BCUT2D eigenvalue weighted by Gasteiger charge is 2.44. The van der Waals surface area contributed by atoms with Gasteiger partial charge in [-0.15, -0.1) is 0 Å². The van der Waals surface area contributed by atoms with Gasteiger partial charge in [-0.1, -0.05) is 19.8 Å². The summed E-state index contributed by atoms with van der Waals surface area (Å²) in [7, 11) is 0. The van der Waals surface area contributed by atoms with E-state index >= 15 is 0 Å². The minimum Gasteiger partial charge on any atom is -0.0625 e. The van der Waals surface area contributed by atoms with E-state index in [0.717, 1.165) is 11.3 Å². The van der Waals surface area contributed by atoms with Crippen LogP contribution in [-0.2, 0) is 0 Å². The van der Waals surface area contributed by atoms with E-state index in [1.54, 1.807) is 25.7 Å². The molecule has 0 heteroatoms. The van der Waals surface area contributed by atoms with Crippen LogP contribution in [0.5, 0.6) is 0 Å². The van der Waals surface area contributed by atoms with Crippen LogP contribution in [0.2, 0.25) is 0 Å². The topological polar surface area (TPSA) is 0 Å². The molecule has 2 aliphatic rings. The van der Waals surface area contributed by atoms with Crippen LogP contribution in [0.1, 0.15) is 45.4 Å². The average Bonchev–Trinajstić information content (AvgIpc) is 2.49. The third kappa shape index (κ3) is 0.997. The Kier molecular flexibility index (Phi) is 1.12. The van der Waals surface area contributed by atoms with E-state index in [-0.39, 0.29) is 0 Å². The Morgan fingerprint density at radius 2 is 2.00 bits per heavy atom. The van der Waals surface area contributed by atoms with Crippen molar-refractivity contribution in [1.82, 2.24) is 0 Å². The molecule has 0 aromatic heterocycles. The van der Waals surface area contributed by atoms with Gasteiger partial charge in [0.05, 0.1) is 0 Å². The lowest BCUT2D eigenvalue weighted by Gasteiger charge is -2.25. The lowest BCUT2D eigenvalue weighted by Crippen LogP contribution is -2.13. The molecule has 0 saturated heterocycles. The van der Waals surface area contributed by atoms with Crippen LogP contribution in [0.4, 0.5) is 0 Å². The monoisotopic (exact) mass is 124 g/mol. The average molecular weight is 124 g/mol. The van der Waals surface area contributed by atoms with Crippen LogP contribution in [0.3, 0.4) is 0 Å². The van der Waals surface area contributed by atoms with Gasteiger partial charge in [0.1, 0.15) is 0 Å². The predicted octanol–water partition coefficient (Wildman–Crippen LogP) is 2.98. The van der Waals surface area contributed by atoms with Gasteiger partial charge in [-0.2, -0.15) is 0 Å². The molecule has 2 fully saturated rings. The Hall–Kier alpha value is 0. The highest BCUT2D eigenvalue weighted by Crippen LogP contribution is 2.57. The van der Waals surface area contributed by atoms with Crippen molar-refractivity contribution in [3.05, 3.63) is 0 Å². The molecule has 0 aromatic carbocycles. The van der Waals surface area contributed by atoms with Gasteiger partial charge in [-0.3, -0.25) is 0 Å². The first-order valence-electron chi connectivity index (χ1n) is 4.31. The van der Waals surface area contributed by atoms with E-state index in [4.69, 9.17) is 0 Å². The third-order valence-electron chi connectivity index (χ3n) is 3.14. The fourth-order valence-corrected chi connectivity index (χ4v) is 2.40. The second-order valence-electron chi connectivity index (χ2n) is 4.20. The molecule has 0 aromatic rings. The maximum Gasteiger partial charge on any atom is -0.0295 e. The zero-order chi connectivity index (χ0) is 6.32. The van der Waals surface area contributed by atoms with Gasteiger partial charge in [0.15, 0.2) is 0 Å². The van der Waals surface area contributed by atoms with Crippen molar-refractivity contribution >= 4 is 0 Å². The number of hydrogen-bond donors (Lipinski definition) is 0. The highest BCUT2D eigenvalue weighted by atomic mass is 14.5. The molecular formula is C9H16. The molecule has 0 radical (unpaired) electrons. The maximum absolute atomic E-state index is 2.42. The molecule has 9 heavy (non-hydrogen) atoms. The first-order valence-corrected chi connectivity index (χ1v) is 4.31. The molecule has 1 spiro atoms. The fraction of sp³-hybridized carbons (Fsp3) is 1.00. The van der Waals surface area contributed by atoms with Crippen molar-refractivity contribution in [2.75, 3.05) is 0 Å². The zero-order valence-corrected chi connectivity index (χ0v) is 6.32. The summed E-state index contributed by atoms with van der Waals surface area (Å²) in [6.45, 7) is 2.42. The quantitative estimate of drug-likeness (QED) is 0.465. The molecule has 2 saturated carbocycles. The fourth-order valence-electron chi connectivity index (χ4n) is 2.40. The Morgan fingerprint density at radius 3 is 2.44 bits per heavy atom. The van der Waals surface area contributed by atoms with Crippen molar-refractivity contribution in [2.24, 2.45) is 11.3 Å². The van der Waals surface area contributed by atoms with Gasteiger partial charge >= 0.3 is 0 Å². The molecule has 0 nitrogen and oxygen atoms in total. The number of rotatable bonds is 0. The van der Waals surface area contributed by atoms with E-state index in [1.807, 2.05) is 0 Å². The normalized spacial score (nSPS) is 39.0. The van der Waals surface area contributed by atoms with Gasteiger partial charge in [0, 0.05) is 0 Å². The molecule has 2 aliphatic carbocycles. The first kappa shape index (κ1) is 5.76. The van der Waals surface area contributed by atoms with E-state index in [1.165, 1.54) is 12.8 Å². The summed E-state index contributed by atoms with van der Waals surface area (Å²) in [6.07, 6.45) is 9.22. The molecule has 0 heterocycles. The van der Waals surface area contributed by atoms with Crippen molar-refractivity contribution in [3.63, 3.8) is 0 Å². The lowest BCUT2D eigenvalue weighted by atomic mass is 9.80. The molecule has 0 amide bonds. The summed E-state index contributed by atoms with van der Waals surface area (Å²) in [4.78, 5) is 0. The van der Waals surface area contributed by atoms with Crippen LogP contribution in [0.25, 0.3) is 0 Å². The molecular weight excluding hydrogens is 108 g/mol. The molecule has 0 unspecified atom stereocenters. The minimum absolute atomic E-state index is 0.900. The van der Waals surface area contributed by atoms with Crippen molar-refractivity contribution in [1.29, 1.82) is 0 Å². The predicted molar refractivity (Wildman–Crippen MR) is 39.3 cm³/mol. The summed E-state index contributed by atoms with van der Waals surface area (Å²) in [6, 6.07) is 0. The van der Waals surface area contributed by atoms with E-state index < -0.39 is 0 Å². The Bertz CT molecular complexity index is 111. The summed E-state index contributed by atoms with van der Waals surface area (Å²) in [5, 5.41) is 0. The SMILES string of the molecule is C[C@H]1CCCC2(CC2)C1. The Balaban J connectivity index is 1.96. The number of hydrogen-bond acceptors (Lipinski definition) is 0. The Morgan fingerprint density at radius 1 is 1.22 bits per heavy atom. The van der Waals surface area contributed by atoms with Gasteiger partial charge < -0.3 is 0 Å². The lowest BCUT2D eigenvalue weighted by molar-refractivity contribution is 0.263. The first-order chi connectivity index (χ1) is 4.31. The Labute approximate surface area is 57.6 Å². The van der Waals surface area contributed by atoms with Crippen molar-refractivity contribution in [2.45, 2.75) is 45.4 Å². The molecule has 1 atom stereocenters. The molecule has 0 bridgehead atoms. The second kappa shape index (κ2) is 1.74. The smallest absolute Gasteiger partial charge is 0.0295 e. The molecule has 0 N–H and O–H groups in total. The summed E-state index contributed by atoms with van der Waals surface area (Å²) in [5.41, 5.74) is 0.900. The second-order valence-corrected chi connectivity index (χ2v) is 4.20. The summed E-state index contributed by atoms with van der Waals surface area (Å²) < 4.78 is 0. The van der Waals surface area contributed by atoms with Crippen LogP contribution in [-0.4, -0.2) is 0 Å². The van der Waals surface area contributed by atoms with Crippen LogP contribution in [0, 0.1) is 11.3 Å². The van der Waals surface area contributed by atoms with Crippen LogP contribution < -0.4 is 0 Å². The highest BCUT2D eigenvalue weighted by molar-refractivity contribution is 4.96. The third-order valence-corrected chi connectivity index (χ3v) is 3.14. The van der Waals surface area contributed by atoms with Gasteiger partial charge in [0.2, 0.25) is 0 Å². The largest absolute Gasteiger partial charge is 0.0625 e. The van der Waals surface area contributed by atoms with E-state index in [0.29, 0.717) is 0 Å². The van der Waals surface area contributed by atoms with E-state index in [2.05, 4.69) is 6.92 Å². The maximum atomic E-state index is 2.42. The standard InChI is InChI=1S/C9H16/c1-8-3-2-4-9(7-8)5-6-9/h8H,2-7H2,1H3/t8-/m0/s1. The van der Waals surface area contributed by atoms with E-state index in [9.17, 15) is 0 Å². The van der Waals surface area contributed by atoms with Crippen LogP contribution in [0.15, 0.2) is 0 Å². The van der Waals surface area contributed by atoms with Gasteiger partial charge in [-0.25, -0.2) is 0 Å². The van der Waals surface area contributed by atoms with Crippen LogP contribution >= 0.6 is 0 Å². The zero-order valence-electron chi connectivity index (χ0n) is 6.32. The molecule has 0 aliphatic heterocycles. The minimum atomic E-state index is 0.900. The van der Waals surface area contributed by atoms with Gasteiger partial charge in [-0.05, 0) is 37.0 Å². The van der Waals surface area contributed by atoms with Crippen molar-refractivity contribution in [3.8, 4) is 0 Å². The molecule has 52 valence electrons. The summed E-state index contributed by atoms with van der Waals surface area (Å²) in [5.74, 6) is 1.04. The molecule has 2 rings (SSSR count). The van der Waals surface area contributed by atoms with Crippen molar-refractivity contribution < 1.29 is 0 Å². The van der Waals surface area contributed by atoms with Gasteiger partial charge in [0.25, 0.3) is 0 Å².